The third-order valence-electron chi connectivity index (χ3n) is 3.61. The SMILES string of the molecule is CCc1ccc(/C=N/NC(=O)c2ccc(C(C)C)cc2)cc1. The van der Waals surface area contributed by atoms with Crippen LogP contribution in [0.3, 0.4) is 0 Å². The largest absolute Gasteiger partial charge is 0.271 e. The third-order valence-corrected chi connectivity index (χ3v) is 3.61. The zero-order valence-electron chi connectivity index (χ0n) is 13.3. The molecule has 0 atom stereocenters. The number of carbonyl (C=O) groups is 1. The summed E-state index contributed by atoms with van der Waals surface area (Å²) in [6, 6.07) is 15.7. The molecule has 0 bridgehead atoms. The van der Waals surface area contributed by atoms with Crippen molar-refractivity contribution in [3.05, 3.63) is 70.8 Å². The number of carbonyl (C=O) groups excluding carboxylic acids is 1. The van der Waals surface area contributed by atoms with E-state index in [1.54, 1.807) is 6.21 Å². The molecule has 0 saturated carbocycles. The molecule has 22 heavy (non-hydrogen) atoms. The number of hydrogen-bond donors (Lipinski definition) is 1. The van der Waals surface area contributed by atoms with E-state index in [1.807, 2.05) is 36.4 Å². The number of nitrogens with one attached hydrogen (secondary N) is 1. The molecule has 0 saturated heterocycles. The molecule has 0 unspecified atom stereocenters. The molecule has 114 valence electrons. The molecular weight excluding hydrogens is 272 g/mol. The summed E-state index contributed by atoms with van der Waals surface area (Å²) in [4.78, 5) is 12.0. The lowest BCUT2D eigenvalue weighted by Crippen LogP contribution is -2.17. The Morgan fingerprint density at radius 3 is 2.27 bits per heavy atom. The summed E-state index contributed by atoms with van der Waals surface area (Å²) in [5, 5.41) is 4.01. The number of aryl methyl sites for hydroxylation is 1. The summed E-state index contributed by atoms with van der Waals surface area (Å²) < 4.78 is 0. The molecular formula is C19H22N2O. The van der Waals surface area contributed by atoms with Crippen molar-refractivity contribution in [2.24, 2.45) is 5.10 Å². The normalized spacial score (nSPS) is 11.1. The summed E-state index contributed by atoms with van der Waals surface area (Å²) in [5.74, 6) is 0.262. The minimum absolute atomic E-state index is 0.197. The highest BCUT2D eigenvalue weighted by atomic mass is 16.2. The third kappa shape index (κ3) is 4.29. The molecule has 0 aliphatic rings. The monoisotopic (exact) mass is 294 g/mol. The highest BCUT2D eigenvalue weighted by molar-refractivity contribution is 5.94. The number of hydrogen-bond acceptors (Lipinski definition) is 2. The van der Waals surface area contributed by atoms with E-state index in [2.05, 4.69) is 43.4 Å². The zero-order valence-corrected chi connectivity index (χ0v) is 13.3. The fraction of sp³-hybridized carbons (Fsp3) is 0.263. The number of rotatable bonds is 5. The van der Waals surface area contributed by atoms with Crippen LogP contribution in [0.15, 0.2) is 53.6 Å². The van der Waals surface area contributed by atoms with Gasteiger partial charge < -0.3 is 0 Å². The van der Waals surface area contributed by atoms with Crippen molar-refractivity contribution in [3.63, 3.8) is 0 Å². The molecule has 2 rings (SSSR count). The van der Waals surface area contributed by atoms with Crippen LogP contribution in [0, 0.1) is 0 Å². The lowest BCUT2D eigenvalue weighted by molar-refractivity contribution is 0.0955. The summed E-state index contributed by atoms with van der Waals surface area (Å²) >= 11 is 0. The van der Waals surface area contributed by atoms with Crippen LogP contribution in [0.4, 0.5) is 0 Å². The van der Waals surface area contributed by atoms with Gasteiger partial charge in [-0.1, -0.05) is 57.2 Å². The molecule has 1 amide bonds. The topological polar surface area (TPSA) is 41.5 Å². The van der Waals surface area contributed by atoms with Gasteiger partial charge in [0, 0.05) is 5.56 Å². The first-order valence-corrected chi connectivity index (χ1v) is 7.62. The lowest BCUT2D eigenvalue weighted by atomic mass is 10.0. The smallest absolute Gasteiger partial charge is 0.267 e. The minimum atomic E-state index is -0.197. The van der Waals surface area contributed by atoms with E-state index in [4.69, 9.17) is 0 Å². The Hall–Kier alpha value is -2.42. The summed E-state index contributed by atoms with van der Waals surface area (Å²) in [5.41, 5.74) is 6.64. The van der Waals surface area contributed by atoms with Crippen LogP contribution in [0.2, 0.25) is 0 Å². The number of hydrazone groups is 1. The Bertz CT molecular complexity index is 640. The first-order valence-electron chi connectivity index (χ1n) is 7.62. The van der Waals surface area contributed by atoms with Crippen LogP contribution in [0.25, 0.3) is 0 Å². The molecule has 3 heteroatoms. The molecule has 0 fully saturated rings. The number of benzene rings is 2. The standard InChI is InChI=1S/C19H22N2O/c1-4-15-5-7-16(8-6-15)13-20-21-19(22)18-11-9-17(10-12-18)14(2)3/h5-14H,4H2,1-3H3,(H,21,22)/b20-13+. The second kappa shape index (κ2) is 7.55. The van der Waals surface area contributed by atoms with Gasteiger partial charge in [-0.25, -0.2) is 5.43 Å². The van der Waals surface area contributed by atoms with E-state index in [0.29, 0.717) is 11.5 Å². The molecule has 0 aromatic heterocycles. The van der Waals surface area contributed by atoms with Crippen molar-refractivity contribution in [3.8, 4) is 0 Å². The molecule has 3 nitrogen and oxygen atoms in total. The predicted molar refractivity (Wildman–Crippen MR) is 91.4 cm³/mol. The fourth-order valence-electron chi connectivity index (χ4n) is 2.09. The molecule has 1 N–H and O–H groups in total. The number of nitrogens with zero attached hydrogens (tertiary/aromatic N) is 1. The van der Waals surface area contributed by atoms with Crippen molar-refractivity contribution >= 4 is 12.1 Å². The lowest BCUT2D eigenvalue weighted by Gasteiger charge is -2.06. The Morgan fingerprint density at radius 2 is 1.73 bits per heavy atom. The maximum absolute atomic E-state index is 12.0. The first kappa shape index (κ1) is 16.0. The van der Waals surface area contributed by atoms with Crippen molar-refractivity contribution < 1.29 is 4.79 Å². The first-order chi connectivity index (χ1) is 10.6. The highest BCUT2D eigenvalue weighted by Crippen LogP contribution is 2.14. The van der Waals surface area contributed by atoms with Gasteiger partial charge in [-0.2, -0.15) is 5.10 Å². The minimum Gasteiger partial charge on any atom is -0.267 e. The van der Waals surface area contributed by atoms with Gasteiger partial charge in [-0.3, -0.25) is 4.79 Å². The Labute approximate surface area is 132 Å². The van der Waals surface area contributed by atoms with Crippen LogP contribution in [0.5, 0.6) is 0 Å². The van der Waals surface area contributed by atoms with Crippen LogP contribution >= 0.6 is 0 Å². The number of amides is 1. The second-order valence-electron chi connectivity index (χ2n) is 5.57. The van der Waals surface area contributed by atoms with Crippen LogP contribution < -0.4 is 5.43 Å². The van der Waals surface area contributed by atoms with E-state index in [1.165, 1.54) is 11.1 Å². The van der Waals surface area contributed by atoms with E-state index in [9.17, 15) is 4.79 Å². The Balaban J connectivity index is 1.95. The molecule has 2 aromatic rings. The van der Waals surface area contributed by atoms with Crippen LogP contribution in [-0.2, 0) is 6.42 Å². The summed E-state index contributed by atoms with van der Waals surface area (Å²) in [7, 11) is 0. The van der Waals surface area contributed by atoms with E-state index in [-0.39, 0.29) is 5.91 Å². The van der Waals surface area contributed by atoms with E-state index < -0.39 is 0 Å². The van der Waals surface area contributed by atoms with Gasteiger partial charge >= 0.3 is 0 Å². The second-order valence-corrected chi connectivity index (χ2v) is 5.57. The maximum Gasteiger partial charge on any atom is 0.271 e. The zero-order chi connectivity index (χ0) is 15.9. The van der Waals surface area contributed by atoms with Crippen molar-refractivity contribution in [1.82, 2.24) is 5.43 Å². The van der Waals surface area contributed by atoms with Gasteiger partial charge in [0.05, 0.1) is 6.21 Å². The fourth-order valence-corrected chi connectivity index (χ4v) is 2.09. The van der Waals surface area contributed by atoms with Crippen LogP contribution in [0.1, 0.15) is 53.7 Å². The molecule has 0 heterocycles. The average Bonchev–Trinajstić information content (AvgIpc) is 2.55. The van der Waals surface area contributed by atoms with Crippen molar-refractivity contribution in [1.29, 1.82) is 0 Å². The Kier molecular flexibility index (Phi) is 5.48. The van der Waals surface area contributed by atoms with Gasteiger partial charge in [0.15, 0.2) is 0 Å². The molecule has 0 radical (unpaired) electrons. The van der Waals surface area contributed by atoms with Crippen molar-refractivity contribution in [2.75, 3.05) is 0 Å². The van der Waals surface area contributed by atoms with Gasteiger partial charge in [0.25, 0.3) is 5.91 Å². The Morgan fingerprint density at radius 1 is 1.09 bits per heavy atom. The summed E-state index contributed by atoms with van der Waals surface area (Å²) in [6.45, 7) is 6.38. The van der Waals surface area contributed by atoms with Gasteiger partial charge in [0.1, 0.15) is 0 Å². The highest BCUT2D eigenvalue weighted by Gasteiger charge is 2.05. The summed E-state index contributed by atoms with van der Waals surface area (Å²) in [6.07, 6.45) is 2.67. The van der Waals surface area contributed by atoms with Gasteiger partial charge in [-0.15, -0.1) is 0 Å². The molecule has 2 aromatic carbocycles. The van der Waals surface area contributed by atoms with Crippen LogP contribution in [-0.4, -0.2) is 12.1 Å². The predicted octanol–water partition coefficient (Wildman–Crippen LogP) is 4.14. The molecule has 0 aliphatic heterocycles. The van der Waals surface area contributed by atoms with E-state index in [0.717, 1.165) is 12.0 Å². The molecule has 0 spiro atoms. The van der Waals surface area contributed by atoms with E-state index >= 15 is 0 Å². The maximum atomic E-state index is 12.0. The van der Waals surface area contributed by atoms with Gasteiger partial charge in [-0.05, 0) is 41.2 Å². The van der Waals surface area contributed by atoms with Crippen molar-refractivity contribution in [2.45, 2.75) is 33.1 Å². The van der Waals surface area contributed by atoms with Gasteiger partial charge in [0.2, 0.25) is 0 Å². The molecule has 0 aliphatic carbocycles. The average molecular weight is 294 g/mol. The quantitative estimate of drug-likeness (QED) is 0.653.